The maximum absolute atomic E-state index is 14.2. The summed E-state index contributed by atoms with van der Waals surface area (Å²) in [5, 5.41) is 0.975. The molecule has 0 aliphatic carbocycles. The van der Waals surface area contributed by atoms with E-state index in [1.165, 1.54) is 28.0 Å². The molecule has 0 unspecified atom stereocenters. The minimum absolute atomic E-state index is 0.150. The van der Waals surface area contributed by atoms with Crippen LogP contribution in [0, 0.1) is 5.82 Å². The van der Waals surface area contributed by atoms with E-state index in [0.717, 1.165) is 5.56 Å². The second-order valence-corrected chi connectivity index (χ2v) is 12.0. The normalized spacial score (nSPS) is 14.6. The van der Waals surface area contributed by atoms with Crippen molar-refractivity contribution in [2.24, 2.45) is 4.99 Å². The highest BCUT2D eigenvalue weighted by Gasteiger charge is 2.35. The molecular weight excluding hydrogens is 634 g/mol. The second kappa shape index (κ2) is 13.2. The number of halogens is 3. The number of carbonyl (C=O) groups is 1. The molecule has 45 heavy (non-hydrogen) atoms. The second-order valence-electron chi connectivity index (χ2n) is 10.1. The Morgan fingerprint density at radius 1 is 0.978 bits per heavy atom. The van der Waals surface area contributed by atoms with Crippen LogP contribution in [0.5, 0.6) is 5.75 Å². The van der Waals surface area contributed by atoms with Gasteiger partial charge in [-0.25, -0.2) is 14.2 Å². The minimum Gasteiger partial charge on any atom is -0.488 e. The molecule has 4 aromatic carbocycles. The summed E-state index contributed by atoms with van der Waals surface area (Å²) < 4.78 is 26.8. The van der Waals surface area contributed by atoms with Crippen molar-refractivity contribution in [3.05, 3.63) is 160 Å². The molecule has 1 aliphatic rings. The molecule has 0 radical (unpaired) electrons. The first kappa shape index (κ1) is 30.5. The monoisotopic (exact) mass is 658 g/mol. The number of benzene rings is 4. The van der Waals surface area contributed by atoms with Crippen molar-refractivity contribution in [2.75, 3.05) is 6.61 Å². The molecule has 1 atom stereocenters. The highest BCUT2D eigenvalue weighted by molar-refractivity contribution is 7.07. The fourth-order valence-corrected chi connectivity index (χ4v) is 6.35. The van der Waals surface area contributed by atoms with Crippen LogP contribution in [0.1, 0.15) is 35.2 Å². The fraction of sp³-hybridized carbons (Fsp3) is 0.114. The Kier molecular flexibility index (Phi) is 8.98. The lowest BCUT2D eigenvalue weighted by Crippen LogP contribution is -2.40. The number of carbonyl (C=O) groups excluding carboxylic acids is 1. The van der Waals surface area contributed by atoms with Gasteiger partial charge in [0.25, 0.3) is 5.56 Å². The van der Waals surface area contributed by atoms with E-state index in [4.69, 9.17) is 37.7 Å². The van der Waals surface area contributed by atoms with E-state index in [2.05, 4.69) is 0 Å². The van der Waals surface area contributed by atoms with E-state index in [1.54, 1.807) is 67.6 Å². The number of hydrogen-bond donors (Lipinski definition) is 0. The Balaban J connectivity index is 1.53. The molecule has 0 N–H and O–H groups in total. The summed E-state index contributed by atoms with van der Waals surface area (Å²) in [4.78, 5) is 33.1. The first-order valence-corrected chi connectivity index (χ1v) is 15.6. The first-order chi connectivity index (χ1) is 21.8. The molecule has 0 fully saturated rings. The lowest BCUT2D eigenvalue weighted by Gasteiger charge is -2.25. The number of thiazole rings is 1. The van der Waals surface area contributed by atoms with E-state index in [1.807, 2.05) is 30.3 Å². The molecule has 0 bridgehead atoms. The van der Waals surface area contributed by atoms with Gasteiger partial charge in [-0.1, -0.05) is 89.1 Å². The summed E-state index contributed by atoms with van der Waals surface area (Å²) in [5.41, 5.74) is 3.05. The van der Waals surface area contributed by atoms with Crippen molar-refractivity contribution in [3.63, 3.8) is 0 Å². The van der Waals surface area contributed by atoms with Crippen LogP contribution in [0.15, 0.2) is 112 Å². The third kappa shape index (κ3) is 6.49. The average Bonchev–Trinajstić information content (AvgIpc) is 3.35. The van der Waals surface area contributed by atoms with Gasteiger partial charge in [-0.15, -0.1) is 0 Å². The largest absolute Gasteiger partial charge is 0.488 e. The Hall–Kier alpha value is -4.50. The van der Waals surface area contributed by atoms with E-state index >= 15 is 0 Å². The van der Waals surface area contributed by atoms with Crippen LogP contribution in [-0.2, 0) is 16.1 Å². The van der Waals surface area contributed by atoms with Crippen molar-refractivity contribution in [3.8, 4) is 5.75 Å². The number of aromatic nitrogens is 1. The van der Waals surface area contributed by atoms with Gasteiger partial charge in [0.15, 0.2) is 4.80 Å². The van der Waals surface area contributed by atoms with Gasteiger partial charge in [-0.2, -0.15) is 0 Å². The van der Waals surface area contributed by atoms with Gasteiger partial charge in [-0.3, -0.25) is 9.36 Å². The van der Waals surface area contributed by atoms with Crippen LogP contribution in [0.3, 0.4) is 0 Å². The molecule has 0 saturated heterocycles. The molecule has 6 rings (SSSR count). The fourth-order valence-electron chi connectivity index (χ4n) is 5.05. The summed E-state index contributed by atoms with van der Waals surface area (Å²) in [7, 11) is 0. The van der Waals surface area contributed by atoms with Gasteiger partial charge in [0.2, 0.25) is 0 Å². The number of nitrogens with zero attached hydrogens (tertiary/aromatic N) is 2. The first-order valence-electron chi connectivity index (χ1n) is 14.0. The highest BCUT2D eigenvalue weighted by atomic mass is 35.5. The molecule has 0 spiro atoms. The van der Waals surface area contributed by atoms with Crippen molar-refractivity contribution in [1.29, 1.82) is 0 Å². The molecule has 10 heteroatoms. The van der Waals surface area contributed by atoms with Crippen molar-refractivity contribution in [2.45, 2.75) is 19.6 Å². The zero-order valence-electron chi connectivity index (χ0n) is 23.9. The van der Waals surface area contributed by atoms with Crippen molar-refractivity contribution >= 4 is 52.3 Å². The molecule has 2 heterocycles. The van der Waals surface area contributed by atoms with Crippen molar-refractivity contribution in [1.82, 2.24) is 4.57 Å². The van der Waals surface area contributed by atoms with E-state index in [-0.39, 0.29) is 30.2 Å². The third-order valence-corrected chi connectivity index (χ3v) is 8.60. The Labute approximate surface area is 271 Å². The van der Waals surface area contributed by atoms with Gasteiger partial charge in [0.1, 0.15) is 18.2 Å². The molecule has 6 nitrogen and oxygen atoms in total. The predicted molar refractivity (Wildman–Crippen MR) is 175 cm³/mol. The topological polar surface area (TPSA) is 69.9 Å². The quantitative estimate of drug-likeness (QED) is 0.169. The molecule has 1 aliphatic heterocycles. The average molecular weight is 660 g/mol. The maximum Gasteiger partial charge on any atom is 0.338 e. The third-order valence-electron chi connectivity index (χ3n) is 7.13. The number of hydrogen-bond acceptors (Lipinski definition) is 6. The molecule has 5 aromatic rings. The van der Waals surface area contributed by atoms with Crippen LogP contribution in [0.2, 0.25) is 10.0 Å². The summed E-state index contributed by atoms with van der Waals surface area (Å²) >= 11 is 13.8. The Morgan fingerprint density at radius 3 is 2.40 bits per heavy atom. The smallest absolute Gasteiger partial charge is 0.338 e. The Bertz CT molecular complexity index is 2090. The molecule has 0 amide bonds. The number of ether oxygens (including phenoxy) is 2. The predicted octanol–water partition coefficient (Wildman–Crippen LogP) is 6.96. The van der Waals surface area contributed by atoms with Gasteiger partial charge >= 0.3 is 5.97 Å². The van der Waals surface area contributed by atoms with Crippen LogP contribution in [0.25, 0.3) is 11.8 Å². The Morgan fingerprint density at radius 2 is 1.69 bits per heavy atom. The van der Waals surface area contributed by atoms with E-state index in [0.29, 0.717) is 47.5 Å². The lowest BCUT2D eigenvalue weighted by atomic mass is 9.93. The number of rotatable bonds is 8. The van der Waals surface area contributed by atoms with Crippen molar-refractivity contribution < 1.29 is 18.7 Å². The zero-order valence-corrected chi connectivity index (χ0v) is 26.2. The zero-order chi connectivity index (χ0) is 31.5. The molecule has 1 aromatic heterocycles. The van der Waals surface area contributed by atoms with Gasteiger partial charge < -0.3 is 9.47 Å². The summed E-state index contributed by atoms with van der Waals surface area (Å²) in [5.74, 6) is -0.415. The SMILES string of the molecule is CCOC(=O)C1=C(c2ccccc2)N=c2s/c(=C\c3cc(Cl)ccc3OCc3ccc(F)cc3)c(=O)n2[C@@H]1c1ccc(Cl)cc1. The van der Waals surface area contributed by atoms with Gasteiger partial charge in [-0.05, 0) is 66.6 Å². The lowest BCUT2D eigenvalue weighted by molar-refractivity contribution is -0.138. The highest BCUT2D eigenvalue weighted by Crippen LogP contribution is 2.35. The molecule has 226 valence electrons. The van der Waals surface area contributed by atoms with Crippen LogP contribution >= 0.6 is 34.5 Å². The maximum atomic E-state index is 14.2. The molecule has 0 saturated carbocycles. The van der Waals surface area contributed by atoms with Crippen LogP contribution in [-0.4, -0.2) is 17.1 Å². The summed E-state index contributed by atoms with van der Waals surface area (Å²) in [6.07, 6.45) is 1.70. The molecular formula is C35H25Cl2FN2O4S. The van der Waals surface area contributed by atoms with Crippen LogP contribution in [0.4, 0.5) is 4.39 Å². The van der Waals surface area contributed by atoms with Gasteiger partial charge in [0.05, 0.1) is 28.5 Å². The minimum atomic E-state index is -0.830. The number of fused-ring (bicyclic) bond motifs is 1. The number of esters is 1. The van der Waals surface area contributed by atoms with E-state index in [9.17, 15) is 14.0 Å². The summed E-state index contributed by atoms with van der Waals surface area (Å²) in [6.45, 7) is 2.06. The summed E-state index contributed by atoms with van der Waals surface area (Å²) in [6, 6.07) is 26.6. The van der Waals surface area contributed by atoms with E-state index < -0.39 is 12.0 Å². The van der Waals surface area contributed by atoms with Gasteiger partial charge in [0, 0.05) is 21.2 Å². The van der Waals surface area contributed by atoms with Crippen LogP contribution < -0.4 is 19.6 Å². The standard InChI is InChI=1S/C35H25Cl2FN2O4S/c1-2-43-34(42)30-31(22-6-4-3-5-7-22)39-35-40(32(30)23-10-12-25(36)13-11-23)33(41)29(45-35)19-24-18-26(37)14-17-28(24)44-20-21-8-15-27(38)16-9-21/h3-19,32H,2,20H2,1H3/b29-19-/t32-/m1/s1.